The summed E-state index contributed by atoms with van der Waals surface area (Å²) in [7, 11) is 0. The maximum Gasteiger partial charge on any atom is 0.343 e. The summed E-state index contributed by atoms with van der Waals surface area (Å²) in [5.74, 6) is -9.91. The highest BCUT2D eigenvalue weighted by molar-refractivity contribution is 6.68. The molecule has 0 bridgehead atoms. The number of hydrogen-bond acceptors (Lipinski definition) is 24. The van der Waals surface area contributed by atoms with Crippen LogP contribution in [0.1, 0.15) is 123 Å². The van der Waals surface area contributed by atoms with Crippen molar-refractivity contribution in [3.8, 4) is 86.2 Å². The van der Waals surface area contributed by atoms with Crippen molar-refractivity contribution < 1.29 is 112 Å². The van der Waals surface area contributed by atoms with Gasteiger partial charge in [0.25, 0.3) is 0 Å². The van der Waals surface area contributed by atoms with E-state index >= 15 is 4.79 Å². The number of phenols is 5. The first-order valence-corrected chi connectivity index (χ1v) is 47.7. The first-order chi connectivity index (χ1) is 71.6. The van der Waals surface area contributed by atoms with E-state index in [1.807, 2.05) is 218 Å². The van der Waals surface area contributed by atoms with Crippen molar-refractivity contribution in [3.63, 3.8) is 0 Å². The molecule has 15 aromatic rings. The fourth-order valence-electron chi connectivity index (χ4n) is 16.8. The van der Waals surface area contributed by atoms with Gasteiger partial charge < -0.3 is 83.1 Å². The number of carbonyl (C=O) groups excluding carboxylic acids is 4. The first-order valence-electron chi connectivity index (χ1n) is 47.3. The number of aliphatic carboxylic acids is 1. The van der Waals surface area contributed by atoms with Crippen molar-refractivity contribution in [1.29, 1.82) is 0 Å². The smallest absolute Gasteiger partial charge is 0.343 e. The summed E-state index contributed by atoms with van der Waals surface area (Å²) in [6.07, 6.45) is 10.4. The average Bonchev–Trinajstić information content (AvgIpc) is 1.59. The van der Waals surface area contributed by atoms with Crippen molar-refractivity contribution in [2.75, 3.05) is 19.6 Å². The zero-order chi connectivity index (χ0) is 103. The second-order valence-electron chi connectivity index (χ2n) is 35.2. The van der Waals surface area contributed by atoms with Gasteiger partial charge in [0.05, 0.1) is 47.5 Å². The number of rotatable bonds is 27. The predicted octanol–water partition coefficient (Wildman–Crippen LogP) is 23.0. The van der Waals surface area contributed by atoms with Crippen molar-refractivity contribution in [3.05, 3.63) is 482 Å². The zero-order valence-corrected chi connectivity index (χ0v) is 81.0. The third-order valence-electron chi connectivity index (χ3n) is 24.4. The number of carboxylic acid groups (broad SMARTS) is 2. The number of carboxylic acids is 2. The zero-order valence-electron chi connectivity index (χ0n) is 80.2. The fraction of sp³-hybridized carbons (Fsp3) is 0.132. The number of allylic oxidation sites excluding steroid dienone is 3. The molecular formula is C121H98ClN3O23. The van der Waals surface area contributed by atoms with Gasteiger partial charge in [-0.2, -0.15) is 0 Å². The van der Waals surface area contributed by atoms with E-state index in [0.29, 0.717) is 63.2 Å². The summed E-state index contributed by atoms with van der Waals surface area (Å²) in [5.41, 5.74) is 15.8. The molecule has 0 aliphatic carbocycles. The number of phenolic OH excluding ortho intramolecular Hbond substituents is 5. The number of carbonyl (C=O) groups is 6. The molecule has 0 unspecified atom stereocenters. The molecule has 0 atom stereocenters. The van der Waals surface area contributed by atoms with E-state index in [2.05, 4.69) is 109 Å². The Morgan fingerprint density at radius 2 is 0.588 bits per heavy atom. The Labute approximate surface area is 856 Å². The molecule has 0 aromatic heterocycles. The van der Waals surface area contributed by atoms with Crippen LogP contribution >= 0.6 is 11.6 Å². The molecule has 742 valence electrons. The first kappa shape index (κ1) is 101. The maximum atomic E-state index is 15.1. The maximum absolute atomic E-state index is 15.1. The van der Waals surface area contributed by atoms with Crippen LogP contribution in [-0.4, -0.2) is 108 Å². The van der Waals surface area contributed by atoms with Gasteiger partial charge >= 0.3 is 47.2 Å². The van der Waals surface area contributed by atoms with E-state index < -0.39 is 47.2 Å². The van der Waals surface area contributed by atoms with Gasteiger partial charge in [-0.25, -0.2) is 24.0 Å². The lowest BCUT2D eigenvalue weighted by atomic mass is 9.97. The molecule has 0 fully saturated rings. The van der Waals surface area contributed by atoms with Crippen LogP contribution in [0.2, 0.25) is 0 Å². The van der Waals surface area contributed by atoms with E-state index in [1.54, 1.807) is 12.2 Å². The minimum atomic E-state index is -1.65. The van der Waals surface area contributed by atoms with Crippen LogP contribution < -0.4 is 47.4 Å². The summed E-state index contributed by atoms with van der Waals surface area (Å²) in [4.78, 5) is 89.4. The molecule has 0 radical (unpaired) electrons. The Morgan fingerprint density at radius 1 is 0.297 bits per heavy atom. The highest BCUT2D eigenvalue weighted by Gasteiger charge is 2.51. The number of halogens is 1. The molecule has 6 heterocycles. The second kappa shape index (κ2) is 45.8. The van der Waals surface area contributed by atoms with Gasteiger partial charge in [0, 0.05) is 92.5 Å². The van der Waals surface area contributed by atoms with Gasteiger partial charge in [-0.1, -0.05) is 302 Å². The van der Waals surface area contributed by atoms with Crippen molar-refractivity contribution in [1.82, 2.24) is 0 Å². The number of aromatic carboxylic acids is 1. The van der Waals surface area contributed by atoms with Gasteiger partial charge in [0.15, 0.2) is 34.5 Å². The monoisotopic (exact) mass is 2000 g/mol. The van der Waals surface area contributed by atoms with E-state index in [0.717, 1.165) is 79.4 Å². The number of aliphatic imine (C=N–C) groups is 3. The van der Waals surface area contributed by atoms with Gasteiger partial charge in [-0.15, -0.1) is 0 Å². The molecular weight excluding hydrogens is 1900 g/mol. The number of nitrogens with zero attached hydrogens (tertiary/aromatic N) is 3. The normalized spacial score (nSPS) is 13.9. The molecule has 15 aromatic carbocycles. The molecule has 7 N–H and O–H groups in total. The Kier molecular flexibility index (Phi) is 31.2. The van der Waals surface area contributed by atoms with Crippen LogP contribution in [0, 0.1) is 20.8 Å². The highest BCUT2D eigenvalue weighted by Crippen LogP contribution is 2.57. The van der Waals surface area contributed by atoms with Gasteiger partial charge in [-0.3, -0.25) is 19.8 Å². The summed E-state index contributed by atoms with van der Waals surface area (Å²) in [5, 5.41) is 63.6. The van der Waals surface area contributed by atoms with Gasteiger partial charge in [-0.05, 0) is 148 Å². The summed E-state index contributed by atoms with van der Waals surface area (Å²) < 4.78 is 64.9. The molecule has 0 saturated carbocycles. The second-order valence-corrected chi connectivity index (χ2v) is 35.5. The van der Waals surface area contributed by atoms with Crippen LogP contribution in [0.5, 0.6) is 86.2 Å². The SMILES string of the molecule is Cc1ccc(CCC2=NCC(C(=O)Cl)=C2)cc1.Cc1ccc(CCC2=NCC(C(=O)O)=C2)cc1.Cc1ccc(CCC2=NCC(C(=O)Oc3cc(O)cc(O)c3)=C2)cc1.O=C(O)c1cc(OC(=O)c2cc(OC(=O)c3cc(OCc4ccccc4)c4c(c3)OC(c3ccccc3)(c3ccccc3)O4)c3c(c2)OC(c2ccccc2)(c2ccccc2)O3)c2c(c1)OC(c1ccccc1)(c1ccccc1)O2.Oc1cc(O)cc(O)c1. The lowest BCUT2D eigenvalue weighted by molar-refractivity contribution is -0.132. The van der Waals surface area contributed by atoms with Crippen molar-refractivity contribution in [2.45, 2.75) is 83.3 Å². The molecule has 21 rings (SSSR count). The number of ether oxygens (including phenoxy) is 10. The van der Waals surface area contributed by atoms with Crippen LogP contribution in [0.15, 0.2) is 408 Å². The Hall–Kier alpha value is -18.6. The molecule has 148 heavy (non-hydrogen) atoms. The summed E-state index contributed by atoms with van der Waals surface area (Å²) in [6, 6.07) is 106. The lowest BCUT2D eigenvalue weighted by Crippen LogP contribution is -2.36. The molecule has 0 saturated heterocycles. The van der Waals surface area contributed by atoms with Gasteiger partial charge in [0.2, 0.25) is 22.5 Å². The quantitative estimate of drug-likeness (QED) is 0.0143. The Balaban J connectivity index is 0.000000174. The van der Waals surface area contributed by atoms with Crippen molar-refractivity contribution >= 4 is 63.8 Å². The minimum Gasteiger partial charge on any atom is -0.508 e. The molecule has 6 aliphatic rings. The minimum absolute atomic E-state index is 0.0103. The largest absolute Gasteiger partial charge is 0.508 e. The van der Waals surface area contributed by atoms with E-state index in [4.69, 9.17) is 79.4 Å². The number of aromatic hydroxyl groups is 5. The lowest BCUT2D eigenvalue weighted by Gasteiger charge is -2.28. The molecule has 0 spiro atoms. The topological polar surface area (TPSA) is 373 Å². The number of esters is 3. The third-order valence-corrected chi connectivity index (χ3v) is 24.6. The standard InChI is InChI=1S/C67H44O13.C20H19NO4.C14H14ClNO.C14H15NO2.C6H6O3/c68-62(69)44-36-54(60-56(37-44)75-66(79-60,49-28-14-4-15-29-49)50-30-16-5-17-31-50)73-64(71)46-39-55(61-58(41-46)77-67(80-61,51-32-18-6-19-33-51)52-34-20-7-21-35-52)74-63(70)45-38-53(72-42-43-22-8-1-9-23-43)59-57(40-45)76-65(78-59,47-24-10-2-11-25-47)48-26-12-3-13-27-48;1-13-2-4-14(5-3-13)6-7-16-8-15(12-21-16)20(24)25-19-10-17(22)9-18(23)11-19;1-10-2-4-11(5-3-10)6-7-13-8-12(9-16-13)14(15)17;1-10-2-4-11(5-3-10)6-7-13-8-12(9-15-13)14(16)17;7-4-1-5(8)3-6(9)2-4/h1-41H,42H2,(H,68,69);2-5,8-11,22-23H,6-7,12H2,1H3;2-5,8H,6-7,9H2,1H3;2-5,8H,6-7,9H2,1H3,(H,16,17);1-3,7-9H. The highest BCUT2D eigenvalue weighted by atomic mass is 35.5. The number of benzene rings is 15. The molecule has 0 amide bonds. The summed E-state index contributed by atoms with van der Waals surface area (Å²) >= 11 is 5.40. The Morgan fingerprint density at radius 3 is 0.912 bits per heavy atom. The molecule has 27 heteroatoms. The number of fused-ring (bicyclic) bond motifs is 3. The number of aryl methyl sites for hydroxylation is 6. The fourth-order valence-corrected chi connectivity index (χ4v) is 16.9. The predicted molar refractivity (Wildman–Crippen MR) is 557 cm³/mol. The van der Waals surface area contributed by atoms with E-state index in [9.17, 15) is 39.3 Å². The van der Waals surface area contributed by atoms with Crippen LogP contribution in [0.4, 0.5) is 0 Å². The van der Waals surface area contributed by atoms with Gasteiger partial charge in [0.1, 0.15) is 41.1 Å². The molecule has 6 aliphatic heterocycles. The average molecular weight is 2000 g/mol. The Bertz CT molecular complexity index is 7340. The van der Waals surface area contributed by atoms with Crippen LogP contribution in [-0.2, 0) is 57.6 Å². The van der Waals surface area contributed by atoms with Crippen LogP contribution in [0.25, 0.3) is 0 Å². The van der Waals surface area contributed by atoms with E-state index in [-0.39, 0.29) is 121 Å². The van der Waals surface area contributed by atoms with Crippen LogP contribution in [0.3, 0.4) is 0 Å². The summed E-state index contributed by atoms with van der Waals surface area (Å²) in [6.45, 7) is 7.34. The third kappa shape index (κ3) is 24.5. The van der Waals surface area contributed by atoms with E-state index in [1.165, 1.54) is 88.0 Å². The number of hydrogen-bond donors (Lipinski definition) is 7. The van der Waals surface area contributed by atoms with Crippen molar-refractivity contribution in [2.24, 2.45) is 15.0 Å². The molecule has 26 nitrogen and oxygen atoms in total.